The Balaban J connectivity index is 1.33. The van der Waals surface area contributed by atoms with Gasteiger partial charge in [0.05, 0.1) is 6.67 Å². The van der Waals surface area contributed by atoms with Crippen molar-refractivity contribution in [3.63, 3.8) is 0 Å². The van der Waals surface area contributed by atoms with Gasteiger partial charge in [-0.25, -0.2) is 9.69 Å². The van der Waals surface area contributed by atoms with Gasteiger partial charge in [0.15, 0.2) is 0 Å². The van der Waals surface area contributed by atoms with Crippen molar-refractivity contribution in [1.82, 2.24) is 15.1 Å². The number of amides is 3. The van der Waals surface area contributed by atoms with Crippen LogP contribution in [0.1, 0.15) is 58.4 Å². The molecule has 1 saturated carbocycles. The predicted molar refractivity (Wildman–Crippen MR) is 124 cm³/mol. The van der Waals surface area contributed by atoms with E-state index in [0.29, 0.717) is 18.0 Å². The van der Waals surface area contributed by atoms with Gasteiger partial charge in [-0.15, -0.1) is 0 Å². The van der Waals surface area contributed by atoms with Crippen LogP contribution in [0.2, 0.25) is 0 Å². The first-order valence-corrected chi connectivity index (χ1v) is 11.9. The molecule has 6 heteroatoms. The molecule has 0 atom stereocenters. The summed E-state index contributed by atoms with van der Waals surface area (Å²) in [6.45, 7) is 12.9. The van der Waals surface area contributed by atoms with Crippen LogP contribution in [0.15, 0.2) is 24.3 Å². The minimum Gasteiger partial charge on any atom is -0.369 e. The van der Waals surface area contributed by atoms with E-state index in [2.05, 4.69) is 67.1 Å². The van der Waals surface area contributed by atoms with Crippen molar-refractivity contribution >= 4 is 17.6 Å². The molecule has 4 rings (SSSR count). The van der Waals surface area contributed by atoms with Crippen LogP contribution in [0, 0.1) is 18.3 Å². The van der Waals surface area contributed by atoms with Gasteiger partial charge in [0.2, 0.25) is 0 Å². The molecule has 2 saturated heterocycles. The molecule has 3 fully saturated rings. The minimum atomic E-state index is -0.666. The average molecular weight is 427 g/mol. The summed E-state index contributed by atoms with van der Waals surface area (Å²) in [6.07, 6.45) is 4.70. The smallest absolute Gasteiger partial charge is 0.326 e. The first-order valence-electron chi connectivity index (χ1n) is 11.9. The number of rotatable bonds is 5. The predicted octanol–water partition coefficient (Wildman–Crippen LogP) is 3.99. The molecule has 170 valence electrons. The van der Waals surface area contributed by atoms with Crippen molar-refractivity contribution in [1.29, 1.82) is 0 Å². The van der Waals surface area contributed by atoms with Crippen LogP contribution in [-0.2, 0) is 4.79 Å². The maximum absolute atomic E-state index is 13.3. The molecule has 3 aliphatic rings. The van der Waals surface area contributed by atoms with Crippen LogP contribution >= 0.6 is 0 Å². The Bertz CT molecular complexity index is 821. The summed E-state index contributed by atoms with van der Waals surface area (Å²) in [5.74, 6) is 0.614. The van der Waals surface area contributed by atoms with Crippen molar-refractivity contribution in [2.24, 2.45) is 11.3 Å². The number of anilines is 1. The van der Waals surface area contributed by atoms with Crippen LogP contribution < -0.4 is 10.2 Å². The van der Waals surface area contributed by atoms with Crippen molar-refractivity contribution in [3.05, 3.63) is 29.8 Å². The highest BCUT2D eigenvalue weighted by Crippen LogP contribution is 2.45. The number of urea groups is 1. The van der Waals surface area contributed by atoms with E-state index in [-0.39, 0.29) is 11.9 Å². The van der Waals surface area contributed by atoms with Gasteiger partial charge in [0.25, 0.3) is 5.91 Å². The van der Waals surface area contributed by atoms with Gasteiger partial charge >= 0.3 is 6.03 Å². The fourth-order valence-electron chi connectivity index (χ4n) is 5.50. The van der Waals surface area contributed by atoms with Crippen LogP contribution in [0.3, 0.4) is 0 Å². The number of nitrogens with one attached hydrogen (secondary N) is 1. The molecule has 0 unspecified atom stereocenters. The van der Waals surface area contributed by atoms with E-state index >= 15 is 0 Å². The quantitative estimate of drug-likeness (QED) is 0.724. The van der Waals surface area contributed by atoms with E-state index in [1.807, 2.05) is 0 Å². The monoisotopic (exact) mass is 426 g/mol. The topological polar surface area (TPSA) is 55.9 Å². The fourth-order valence-corrected chi connectivity index (χ4v) is 5.50. The van der Waals surface area contributed by atoms with Gasteiger partial charge in [-0.1, -0.05) is 39.3 Å². The lowest BCUT2D eigenvalue weighted by Crippen LogP contribution is -2.53. The second-order valence-corrected chi connectivity index (χ2v) is 10.4. The van der Waals surface area contributed by atoms with Gasteiger partial charge < -0.3 is 10.2 Å². The molecule has 31 heavy (non-hydrogen) atoms. The molecule has 0 bridgehead atoms. The number of carbonyl (C=O) groups is 2. The number of aryl methyl sites for hydroxylation is 1. The fraction of sp³-hybridized carbons (Fsp3) is 0.680. The first kappa shape index (κ1) is 22.1. The summed E-state index contributed by atoms with van der Waals surface area (Å²) in [4.78, 5) is 32.1. The van der Waals surface area contributed by atoms with E-state index in [9.17, 15) is 9.59 Å². The number of hydrogen-bond acceptors (Lipinski definition) is 4. The summed E-state index contributed by atoms with van der Waals surface area (Å²) in [5, 5.41) is 3.09. The van der Waals surface area contributed by atoms with Gasteiger partial charge in [-0.05, 0) is 61.6 Å². The van der Waals surface area contributed by atoms with Gasteiger partial charge in [0, 0.05) is 31.9 Å². The van der Waals surface area contributed by atoms with Gasteiger partial charge in [-0.2, -0.15) is 0 Å². The number of hydrogen-bond donors (Lipinski definition) is 1. The van der Waals surface area contributed by atoms with Gasteiger partial charge in [-0.3, -0.25) is 9.69 Å². The van der Waals surface area contributed by atoms with Crippen LogP contribution in [0.5, 0.6) is 0 Å². The zero-order valence-electron chi connectivity index (χ0n) is 19.6. The molecular formula is C25H38N4O2. The third-order valence-electron chi connectivity index (χ3n) is 8.18. The lowest BCUT2D eigenvalue weighted by atomic mass is 9.65. The zero-order chi connectivity index (χ0) is 22.2. The Hall–Kier alpha value is -2.08. The molecule has 0 radical (unpaired) electrons. The molecular weight excluding hydrogens is 388 g/mol. The number of carbonyl (C=O) groups excluding carboxylic acids is 2. The van der Waals surface area contributed by atoms with Crippen LogP contribution in [0.4, 0.5) is 10.5 Å². The van der Waals surface area contributed by atoms with Crippen LogP contribution in [0.25, 0.3) is 0 Å². The normalized spacial score (nSPS) is 27.8. The van der Waals surface area contributed by atoms with Crippen molar-refractivity contribution in [2.45, 2.75) is 65.3 Å². The molecule has 1 aromatic rings. The lowest BCUT2D eigenvalue weighted by molar-refractivity contribution is -0.134. The van der Waals surface area contributed by atoms with E-state index in [1.54, 1.807) is 0 Å². The summed E-state index contributed by atoms with van der Waals surface area (Å²) < 4.78 is 0. The Labute approximate surface area is 187 Å². The van der Waals surface area contributed by atoms with Crippen LogP contribution in [-0.4, -0.2) is 60.1 Å². The third-order valence-corrected chi connectivity index (χ3v) is 8.18. The summed E-state index contributed by atoms with van der Waals surface area (Å²) in [6, 6.07) is 8.37. The molecule has 1 aliphatic carbocycles. The Morgan fingerprint density at radius 1 is 1.10 bits per heavy atom. The van der Waals surface area contributed by atoms with Crippen molar-refractivity contribution in [3.8, 4) is 0 Å². The van der Waals surface area contributed by atoms with E-state index in [4.69, 9.17) is 0 Å². The zero-order valence-corrected chi connectivity index (χ0v) is 19.6. The Morgan fingerprint density at radius 2 is 1.77 bits per heavy atom. The maximum Gasteiger partial charge on any atom is 0.326 e. The van der Waals surface area contributed by atoms with Gasteiger partial charge in [0.1, 0.15) is 5.54 Å². The summed E-state index contributed by atoms with van der Waals surface area (Å²) >= 11 is 0. The number of piperazine rings is 1. The largest absolute Gasteiger partial charge is 0.369 e. The van der Waals surface area contributed by atoms with Crippen molar-refractivity contribution in [2.75, 3.05) is 37.7 Å². The standard InChI is InChI=1S/C25H38N4O2/c1-5-24(3,4)20-9-11-25(12-10-20)22(30)29(23(31)26-25)18-27-13-15-28(16-14-27)21-8-6-7-19(2)17-21/h6-8,17,20H,5,9-16,18H2,1-4H3,(H,26,31). The summed E-state index contributed by atoms with van der Waals surface area (Å²) in [5.41, 5.74) is 2.15. The highest BCUT2D eigenvalue weighted by atomic mass is 16.2. The Kier molecular flexibility index (Phi) is 6.03. The highest BCUT2D eigenvalue weighted by Gasteiger charge is 2.53. The maximum atomic E-state index is 13.3. The molecule has 6 nitrogen and oxygen atoms in total. The summed E-state index contributed by atoms with van der Waals surface area (Å²) in [7, 11) is 0. The van der Waals surface area contributed by atoms with E-state index < -0.39 is 5.54 Å². The number of benzene rings is 1. The Morgan fingerprint density at radius 3 is 2.39 bits per heavy atom. The molecule has 3 amide bonds. The third kappa shape index (κ3) is 4.32. The minimum absolute atomic E-state index is 0.00799. The average Bonchev–Trinajstić information content (AvgIpc) is 2.98. The molecule has 1 aromatic carbocycles. The second-order valence-electron chi connectivity index (χ2n) is 10.4. The highest BCUT2D eigenvalue weighted by molar-refractivity contribution is 6.07. The van der Waals surface area contributed by atoms with Crippen molar-refractivity contribution < 1.29 is 9.59 Å². The SMILES string of the molecule is CCC(C)(C)C1CCC2(CC1)NC(=O)N(CN1CCN(c3cccc(C)c3)CC1)C2=O. The molecule has 2 heterocycles. The molecule has 1 spiro atoms. The number of nitrogens with zero attached hydrogens (tertiary/aromatic N) is 3. The number of imide groups is 1. The molecule has 0 aromatic heterocycles. The molecule has 1 N–H and O–H groups in total. The lowest BCUT2D eigenvalue weighted by Gasteiger charge is -2.42. The first-order chi connectivity index (χ1) is 14.7. The van der Waals surface area contributed by atoms with E-state index in [0.717, 1.165) is 58.3 Å². The second kappa shape index (κ2) is 8.45. The van der Waals surface area contributed by atoms with E-state index in [1.165, 1.54) is 16.2 Å². The molecule has 2 aliphatic heterocycles.